The quantitative estimate of drug-likeness (QED) is 0.781. The molecule has 1 saturated carbocycles. The van der Waals surface area contributed by atoms with Gasteiger partial charge in [0, 0.05) is 10.1 Å². The first-order chi connectivity index (χ1) is 8.25. The molecule has 0 bridgehead atoms. The molecule has 2 nitrogen and oxygen atoms in total. The van der Waals surface area contributed by atoms with Crippen molar-refractivity contribution in [1.29, 1.82) is 0 Å². The largest absolute Gasteiger partial charge is 0.461 e. The summed E-state index contributed by atoms with van der Waals surface area (Å²) in [4.78, 5) is 12.4. The highest BCUT2D eigenvalue weighted by atomic mass is 35.5. The molecule has 0 radical (unpaired) electrons. The van der Waals surface area contributed by atoms with Gasteiger partial charge in [-0.15, -0.1) is 11.3 Å². The van der Waals surface area contributed by atoms with Crippen molar-refractivity contribution in [3.8, 4) is 0 Å². The van der Waals surface area contributed by atoms with E-state index < -0.39 is 0 Å². The van der Waals surface area contributed by atoms with Crippen LogP contribution >= 0.6 is 22.9 Å². The van der Waals surface area contributed by atoms with Crippen molar-refractivity contribution < 1.29 is 9.53 Å². The Morgan fingerprint density at radius 3 is 2.88 bits per heavy atom. The Kier molecular flexibility index (Phi) is 2.81. The van der Waals surface area contributed by atoms with Gasteiger partial charge in [0.25, 0.3) is 0 Å². The highest BCUT2D eigenvalue weighted by Crippen LogP contribution is 2.36. The van der Waals surface area contributed by atoms with E-state index in [1.807, 2.05) is 24.3 Å². The van der Waals surface area contributed by atoms with Crippen LogP contribution in [0.1, 0.15) is 22.5 Å². The molecule has 0 aliphatic heterocycles. The summed E-state index contributed by atoms with van der Waals surface area (Å²) in [6.45, 7) is 0.531. The van der Waals surface area contributed by atoms with Crippen LogP contribution in [0.2, 0.25) is 5.02 Å². The van der Waals surface area contributed by atoms with Crippen LogP contribution in [0.5, 0.6) is 0 Å². The Balaban J connectivity index is 1.87. The van der Waals surface area contributed by atoms with Gasteiger partial charge in [-0.2, -0.15) is 0 Å². The molecule has 17 heavy (non-hydrogen) atoms. The Labute approximate surface area is 108 Å². The number of carbonyl (C=O) groups is 1. The predicted octanol–water partition coefficient (Wildman–Crippen LogP) is 4.12. The second kappa shape index (κ2) is 4.31. The Morgan fingerprint density at radius 1 is 1.41 bits per heavy atom. The molecule has 0 amide bonds. The summed E-state index contributed by atoms with van der Waals surface area (Å²) >= 11 is 7.59. The number of thiophene rings is 1. The van der Waals surface area contributed by atoms with E-state index in [0.29, 0.717) is 22.4 Å². The number of ether oxygens (including phenoxy) is 1. The zero-order valence-electron chi connectivity index (χ0n) is 9.11. The number of hydrogen-bond acceptors (Lipinski definition) is 3. The van der Waals surface area contributed by atoms with E-state index in [2.05, 4.69) is 0 Å². The van der Waals surface area contributed by atoms with E-state index in [-0.39, 0.29) is 5.97 Å². The Morgan fingerprint density at radius 2 is 2.18 bits per heavy atom. The lowest BCUT2D eigenvalue weighted by Crippen LogP contribution is -2.06. The van der Waals surface area contributed by atoms with E-state index in [1.165, 1.54) is 24.2 Å². The van der Waals surface area contributed by atoms with E-state index >= 15 is 0 Å². The molecule has 1 aliphatic carbocycles. The van der Waals surface area contributed by atoms with Crippen molar-refractivity contribution in [2.24, 2.45) is 5.92 Å². The van der Waals surface area contributed by atoms with Gasteiger partial charge in [-0.3, -0.25) is 0 Å². The highest BCUT2D eigenvalue weighted by Gasteiger charge is 2.25. The van der Waals surface area contributed by atoms with Gasteiger partial charge in [-0.05, 0) is 24.8 Å². The van der Waals surface area contributed by atoms with Gasteiger partial charge >= 0.3 is 5.97 Å². The van der Waals surface area contributed by atoms with Crippen molar-refractivity contribution >= 4 is 39.0 Å². The van der Waals surface area contributed by atoms with Gasteiger partial charge in [-0.1, -0.05) is 29.8 Å². The molecule has 1 aromatic carbocycles. The number of benzene rings is 1. The molecule has 0 atom stereocenters. The number of hydrogen-bond donors (Lipinski definition) is 0. The van der Waals surface area contributed by atoms with Crippen LogP contribution in [-0.2, 0) is 4.74 Å². The molecule has 88 valence electrons. The normalized spacial score (nSPS) is 15.1. The summed E-state index contributed by atoms with van der Waals surface area (Å²) in [5, 5.41) is 1.45. The Hall–Kier alpha value is -1.06. The first kappa shape index (κ1) is 11.1. The van der Waals surface area contributed by atoms with E-state index in [1.54, 1.807) is 0 Å². The first-order valence-corrected chi connectivity index (χ1v) is 6.79. The average molecular weight is 267 g/mol. The van der Waals surface area contributed by atoms with Crippen molar-refractivity contribution in [2.75, 3.05) is 6.61 Å². The molecular formula is C13H11ClO2S. The maximum atomic E-state index is 11.9. The second-order valence-electron chi connectivity index (χ2n) is 4.28. The van der Waals surface area contributed by atoms with E-state index in [4.69, 9.17) is 16.3 Å². The lowest BCUT2D eigenvalue weighted by Gasteiger charge is -2.01. The molecule has 4 heteroatoms. The third kappa shape index (κ3) is 2.17. The van der Waals surface area contributed by atoms with Crippen LogP contribution in [0.15, 0.2) is 24.3 Å². The summed E-state index contributed by atoms with van der Waals surface area (Å²) in [7, 11) is 0. The molecule has 1 aromatic heterocycles. The minimum absolute atomic E-state index is 0.289. The molecule has 3 rings (SSSR count). The number of halogens is 1. The fraction of sp³-hybridized carbons (Fsp3) is 0.308. The molecule has 0 N–H and O–H groups in total. The van der Waals surface area contributed by atoms with Gasteiger partial charge in [-0.25, -0.2) is 4.79 Å². The van der Waals surface area contributed by atoms with E-state index in [9.17, 15) is 4.79 Å². The molecule has 1 heterocycles. The monoisotopic (exact) mass is 266 g/mol. The standard InChI is InChI=1S/C13H11ClO2S/c14-11-9-3-1-2-4-10(9)17-12(11)13(15)16-7-8-5-6-8/h1-4,8H,5-7H2. The van der Waals surface area contributed by atoms with Gasteiger partial charge in [0.2, 0.25) is 0 Å². The van der Waals surface area contributed by atoms with Crippen molar-refractivity contribution in [3.05, 3.63) is 34.2 Å². The molecule has 0 spiro atoms. The van der Waals surface area contributed by atoms with Crippen LogP contribution in [0.25, 0.3) is 10.1 Å². The summed E-state index contributed by atoms with van der Waals surface area (Å²) < 4.78 is 6.27. The van der Waals surface area contributed by atoms with Crippen LogP contribution in [-0.4, -0.2) is 12.6 Å². The lowest BCUT2D eigenvalue weighted by atomic mass is 10.2. The molecule has 0 unspecified atom stereocenters. The van der Waals surface area contributed by atoms with E-state index in [0.717, 1.165) is 10.1 Å². The minimum atomic E-state index is -0.289. The van der Waals surface area contributed by atoms with Crippen molar-refractivity contribution in [2.45, 2.75) is 12.8 Å². The van der Waals surface area contributed by atoms with Crippen molar-refractivity contribution in [3.63, 3.8) is 0 Å². The van der Waals surface area contributed by atoms with Crippen LogP contribution in [0.4, 0.5) is 0 Å². The topological polar surface area (TPSA) is 26.3 Å². The van der Waals surface area contributed by atoms with Gasteiger partial charge in [0.05, 0.1) is 11.6 Å². The summed E-state index contributed by atoms with van der Waals surface area (Å²) in [6, 6.07) is 7.74. The fourth-order valence-corrected chi connectivity index (χ4v) is 3.09. The summed E-state index contributed by atoms with van der Waals surface area (Å²) in [5.74, 6) is 0.287. The number of esters is 1. The number of fused-ring (bicyclic) bond motifs is 1. The Bertz CT molecular complexity index is 572. The zero-order valence-corrected chi connectivity index (χ0v) is 10.7. The maximum Gasteiger partial charge on any atom is 0.349 e. The first-order valence-electron chi connectivity index (χ1n) is 5.60. The third-order valence-electron chi connectivity index (χ3n) is 2.87. The van der Waals surface area contributed by atoms with Gasteiger partial charge < -0.3 is 4.74 Å². The van der Waals surface area contributed by atoms with Gasteiger partial charge in [0.15, 0.2) is 0 Å². The molecule has 1 fully saturated rings. The minimum Gasteiger partial charge on any atom is -0.461 e. The average Bonchev–Trinajstić information content (AvgIpc) is 3.11. The second-order valence-corrected chi connectivity index (χ2v) is 5.71. The summed E-state index contributed by atoms with van der Waals surface area (Å²) in [5.41, 5.74) is 0. The predicted molar refractivity (Wildman–Crippen MR) is 69.8 cm³/mol. The smallest absolute Gasteiger partial charge is 0.349 e. The lowest BCUT2D eigenvalue weighted by molar-refractivity contribution is 0.0492. The van der Waals surface area contributed by atoms with Crippen LogP contribution in [0.3, 0.4) is 0 Å². The van der Waals surface area contributed by atoms with Crippen LogP contribution in [0, 0.1) is 5.92 Å². The third-order valence-corrected chi connectivity index (χ3v) is 4.52. The number of rotatable bonds is 3. The molecule has 2 aromatic rings. The zero-order chi connectivity index (χ0) is 11.8. The SMILES string of the molecule is O=C(OCC1CC1)c1sc2ccccc2c1Cl. The summed E-state index contributed by atoms with van der Waals surface area (Å²) in [6.07, 6.45) is 2.35. The molecule has 0 saturated heterocycles. The van der Waals surface area contributed by atoms with Gasteiger partial charge in [0.1, 0.15) is 4.88 Å². The molecule has 1 aliphatic rings. The maximum absolute atomic E-state index is 11.9. The fourth-order valence-electron chi connectivity index (χ4n) is 1.69. The highest BCUT2D eigenvalue weighted by molar-refractivity contribution is 7.21. The molecular weight excluding hydrogens is 256 g/mol. The van der Waals surface area contributed by atoms with Crippen molar-refractivity contribution in [1.82, 2.24) is 0 Å². The van der Waals surface area contributed by atoms with Crippen LogP contribution < -0.4 is 0 Å². The number of carbonyl (C=O) groups excluding carboxylic acids is 1.